The molecule has 0 unspecified atom stereocenters. The Bertz CT molecular complexity index is 983. The van der Waals surface area contributed by atoms with Crippen LogP contribution in [-0.2, 0) is 11.3 Å². The number of benzene rings is 2. The highest BCUT2D eigenvalue weighted by atomic mass is 32.1. The Balaban J connectivity index is 1.59. The molecule has 1 fully saturated rings. The number of hydrogen-bond donors (Lipinski definition) is 0. The molecule has 1 aliphatic heterocycles. The molecule has 2 heterocycles. The lowest BCUT2D eigenvalue weighted by atomic mass is 10.1. The molecule has 28 heavy (non-hydrogen) atoms. The molecule has 0 bridgehead atoms. The molecule has 2 amide bonds. The maximum Gasteiger partial charge on any atom is 0.264 e. The largest absolute Gasteiger partial charge is 0.338 e. The lowest BCUT2D eigenvalue weighted by molar-refractivity contribution is -0.128. The van der Waals surface area contributed by atoms with Crippen LogP contribution < -0.4 is 4.90 Å². The van der Waals surface area contributed by atoms with Gasteiger partial charge in [-0.05, 0) is 43.2 Å². The van der Waals surface area contributed by atoms with Crippen LogP contribution in [0.4, 0.5) is 10.8 Å². The van der Waals surface area contributed by atoms with E-state index in [0.29, 0.717) is 23.7 Å². The highest BCUT2D eigenvalue weighted by molar-refractivity contribution is 7.14. The SMILES string of the molecule is Cc1csc(N(C(=O)c2ccc(CN3CCCC3=O)cc2)c2ccccc2)n1. The number of anilines is 2. The fourth-order valence-electron chi connectivity index (χ4n) is 3.31. The highest BCUT2D eigenvalue weighted by Gasteiger charge is 2.23. The maximum atomic E-state index is 13.3. The van der Waals surface area contributed by atoms with Crippen LogP contribution in [-0.4, -0.2) is 28.2 Å². The van der Waals surface area contributed by atoms with E-state index < -0.39 is 0 Å². The van der Waals surface area contributed by atoms with E-state index in [1.165, 1.54) is 11.3 Å². The van der Waals surface area contributed by atoms with Gasteiger partial charge in [0.05, 0.1) is 11.4 Å². The fourth-order valence-corrected chi connectivity index (χ4v) is 4.13. The van der Waals surface area contributed by atoms with E-state index in [-0.39, 0.29) is 11.8 Å². The molecular weight excluding hydrogens is 370 g/mol. The van der Waals surface area contributed by atoms with Gasteiger partial charge in [0.15, 0.2) is 5.13 Å². The Kier molecular flexibility index (Phi) is 5.21. The van der Waals surface area contributed by atoms with Gasteiger partial charge < -0.3 is 4.90 Å². The fraction of sp³-hybridized carbons (Fsp3) is 0.227. The molecule has 1 aliphatic rings. The number of hydrogen-bond acceptors (Lipinski definition) is 4. The van der Waals surface area contributed by atoms with Gasteiger partial charge in [-0.3, -0.25) is 14.5 Å². The third-order valence-electron chi connectivity index (χ3n) is 4.76. The van der Waals surface area contributed by atoms with Gasteiger partial charge in [-0.1, -0.05) is 30.3 Å². The number of aromatic nitrogens is 1. The first-order chi connectivity index (χ1) is 13.6. The number of amides is 2. The molecule has 0 spiro atoms. The minimum Gasteiger partial charge on any atom is -0.338 e. The Hall–Kier alpha value is -2.99. The van der Waals surface area contributed by atoms with Crippen molar-refractivity contribution >= 4 is 34.0 Å². The van der Waals surface area contributed by atoms with E-state index in [2.05, 4.69) is 4.98 Å². The van der Waals surface area contributed by atoms with Crippen LogP contribution >= 0.6 is 11.3 Å². The quantitative estimate of drug-likeness (QED) is 0.641. The van der Waals surface area contributed by atoms with Crippen molar-refractivity contribution < 1.29 is 9.59 Å². The molecule has 2 aromatic carbocycles. The lowest BCUT2D eigenvalue weighted by Crippen LogP contribution is -2.26. The van der Waals surface area contributed by atoms with E-state index in [1.807, 2.05) is 71.8 Å². The van der Waals surface area contributed by atoms with Gasteiger partial charge in [-0.2, -0.15) is 0 Å². The molecule has 4 rings (SSSR count). The van der Waals surface area contributed by atoms with E-state index >= 15 is 0 Å². The van der Waals surface area contributed by atoms with E-state index in [0.717, 1.165) is 29.9 Å². The van der Waals surface area contributed by atoms with Gasteiger partial charge in [-0.15, -0.1) is 11.3 Å². The molecule has 6 heteroatoms. The summed E-state index contributed by atoms with van der Waals surface area (Å²) < 4.78 is 0. The number of rotatable bonds is 5. The molecule has 3 aromatic rings. The summed E-state index contributed by atoms with van der Waals surface area (Å²) in [6.45, 7) is 3.33. The summed E-state index contributed by atoms with van der Waals surface area (Å²) in [5, 5.41) is 2.59. The van der Waals surface area contributed by atoms with Crippen LogP contribution in [0.3, 0.4) is 0 Å². The van der Waals surface area contributed by atoms with E-state index in [4.69, 9.17) is 0 Å². The standard InChI is InChI=1S/C22H21N3O2S/c1-16-15-28-22(23-16)25(19-6-3-2-4-7-19)21(27)18-11-9-17(10-12-18)14-24-13-5-8-20(24)26/h2-4,6-7,9-12,15H,5,8,13-14H2,1H3. The second-order valence-corrected chi connectivity index (χ2v) is 7.70. The normalized spacial score (nSPS) is 13.8. The smallest absolute Gasteiger partial charge is 0.264 e. The topological polar surface area (TPSA) is 53.5 Å². The van der Waals surface area contributed by atoms with Crippen molar-refractivity contribution in [3.63, 3.8) is 0 Å². The maximum absolute atomic E-state index is 13.3. The molecule has 142 valence electrons. The molecule has 0 aliphatic carbocycles. The molecule has 0 saturated carbocycles. The van der Waals surface area contributed by atoms with Crippen LogP contribution in [0.25, 0.3) is 0 Å². The van der Waals surface area contributed by atoms with Gasteiger partial charge >= 0.3 is 0 Å². The van der Waals surface area contributed by atoms with Gasteiger partial charge in [0.1, 0.15) is 0 Å². The molecule has 0 radical (unpaired) electrons. The Labute approximate surface area is 168 Å². The third kappa shape index (κ3) is 3.82. The minimum atomic E-state index is -0.121. The average Bonchev–Trinajstić information content (AvgIpc) is 3.32. The summed E-state index contributed by atoms with van der Waals surface area (Å²) >= 11 is 1.45. The van der Waals surface area contributed by atoms with Crippen molar-refractivity contribution in [2.45, 2.75) is 26.3 Å². The number of thiazole rings is 1. The summed E-state index contributed by atoms with van der Waals surface area (Å²) in [5.41, 5.74) is 3.30. The average molecular weight is 391 g/mol. The number of likely N-dealkylation sites (tertiary alicyclic amines) is 1. The summed E-state index contributed by atoms with van der Waals surface area (Å²) in [6, 6.07) is 17.1. The van der Waals surface area contributed by atoms with Crippen LogP contribution in [0, 0.1) is 6.92 Å². The van der Waals surface area contributed by atoms with Crippen LogP contribution in [0.1, 0.15) is 34.5 Å². The third-order valence-corrected chi connectivity index (χ3v) is 5.71. The van der Waals surface area contributed by atoms with Crippen molar-refractivity contribution in [1.82, 2.24) is 9.88 Å². The number of para-hydroxylation sites is 1. The predicted octanol–water partition coefficient (Wildman–Crippen LogP) is 4.55. The predicted molar refractivity (Wildman–Crippen MR) is 111 cm³/mol. The summed E-state index contributed by atoms with van der Waals surface area (Å²) in [6.07, 6.45) is 1.56. The molecule has 1 aromatic heterocycles. The zero-order valence-electron chi connectivity index (χ0n) is 15.7. The molecule has 0 atom stereocenters. The van der Waals surface area contributed by atoms with Crippen molar-refractivity contribution in [2.24, 2.45) is 0 Å². The number of nitrogens with zero attached hydrogens (tertiary/aromatic N) is 3. The highest BCUT2D eigenvalue weighted by Crippen LogP contribution is 2.30. The molecule has 5 nitrogen and oxygen atoms in total. The molecule has 0 N–H and O–H groups in total. The summed E-state index contributed by atoms with van der Waals surface area (Å²) in [5.74, 6) is 0.0823. The van der Waals surface area contributed by atoms with Gasteiger partial charge in [-0.25, -0.2) is 4.98 Å². The van der Waals surface area contributed by atoms with Gasteiger partial charge in [0, 0.05) is 30.5 Å². The van der Waals surface area contributed by atoms with Gasteiger partial charge in [0.2, 0.25) is 5.91 Å². The Morgan fingerprint density at radius 2 is 1.89 bits per heavy atom. The van der Waals surface area contributed by atoms with Crippen LogP contribution in [0.5, 0.6) is 0 Å². The first-order valence-corrected chi connectivity index (χ1v) is 10.2. The van der Waals surface area contributed by atoms with Gasteiger partial charge in [0.25, 0.3) is 5.91 Å². The lowest BCUT2D eigenvalue weighted by Gasteiger charge is -2.20. The van der Waals surface area contributed by atoms with Crippen molar-refractivity contribution in [1.29, 1.82) is 0 Å². The van der Waals surface area contributed by atoms with E-state index in [1.54, 1.807) is 4.90 Å². The second-order valence-electron chi connectivity index (χ2n) is 6.86. The van der Waals surface area contributed by atoms with Crippen LogP contribution in [0.15, 0.2) is 60.0 Å². The first-order valence-electron chi connectivity index (χ1n) is 9.30. The monoisotopic (exact) mass is 391 g/mol. The number of carbonyl (C=O) groups is 2. The Morgan fingerprint density at radius 1 is 1.14 bits per heavy atom. The molecular formula is C22H21N3O2S. The molecule has 1 saturated heterocycles. The number of carbonyl (C=O) groups excluding carboxylic acids is 2. The number of aryl methyl sites for hydroxylation is 1. The zero-order chi connectivity index (χ0) is 19.5. The van der Waals surface area contributed by atoms with Crippen molar-refractivity contribution in [3.05, 3.63) is 76.8 Å². The summed E-state index contributed by atoms with van der Waals surface area (Å²) in [7, 11) is 0. The van der Waals surface area contributed by atoms with Crippen molar-refractivity contribution in [2.75, 3.05) is 11.4 Å². The minimum absolute atomic E-state index is 0.121. The second kappa shape index (κ2) is 7.94. The zero-order valence-corrected chi connectivity index (χ0v) is 16.5. The first kappa shape index (κ1) is 18.4. The van der Waals surface area contributed by atoms with Crippen molar-refractivity contribution in [3.8, 4) is 0 Å². The Morgan fingerprint density at radius 3 is 2.50 bits per heavy atom. The van der Waals surface area contributed by atoms with E-state index in [9.17, 15) is 9.59 Å². The summed E-state index contributed by atoms with van der Waals surface area (Å²) in [4.78, 5) is 33.1. The van der Waals surface area contributed by atoms with Crippen LogP contribution in [0.2, 0.25) is 0 Å².